The van der Waals surface area contributed by atoms with E-state index in [2.05, 4.69) is 0 Å². The van der Waals surface area contributed by atoms with Crippen molar-refractivity contribution in [1.29, 1.82) is 5.26 Å². The van der Waals surface area contributed by atoms with E-state index in [0.717, 1.165) is 0 Å². The molecule has 0 fully saturated rings. The predicted molar refractivity (Wildman–Crippen MR) is 69.8 cm³/mol. The van der Waals surface area contributed by atoms with Crippen LogP contribution in [-0.4, -0.2) is 11.6 Å². The molecule has 102 valence electrons. The first-order valence-corrected chi connectivity index (χ1v) is 6.19. The molecule has 4 heteroatoms. The van der Waals surface area contributed by atoms with Gasteiger partial charge in [0.1, 0.15) is 11.4 Å². The number of hydrogen-bond donors (Lipinski definition) is 0. The Kier molecular flexibility index (Phi) is 5.05. The van der Waals surface area contributed by atoms with E-state index >= 15 is 0 Å². The second-order valence-electron chi connectivity index (χ2n) is 5.33. The lowest BCUT2D eigenvalue weighted by Crippen LogP contribution is -2.24. The molecular weight excluding hydrogens is 245 g/mol. The van der Waals surface area contributed by atoms with Gasteiger partial charge in [0.05, 0.1) is 12.0 Å². The van der Waals surface area contributed by atoms with E-state index < -0.39 is 17.3 Å². The third-order valence-corrected chi connectivity index (χ3v) is 2.49. The van der Waals surface area contributed by atoms with Gasteiger partial charge in [-0.3, -0.25) is 4.79 Å². The largest absolute Gasteiger partial charge is 0.460 e. The number of nitriles is 1. The van der Waals surface area contributed by atoms with Gasteiger partial charge in [-0.2, -0.15) is 5.26 Å². The van der Waals surface area contributed by atoms with Gasteiger partial charge in [0, 0.05) is 12.0 Å². The summed E-state index contributed by atoms with van der Waals surface area (Å²) in [5, 5.41) is 9.08. The van der Waals surface area contributed by atoms with Gasteiger partial charge in [-0.15, -0.1) is 0 Å². The third kappa shape index (κ3) is 5.09. The molecule has 1 unspecified atom stereocenters. The molecule has 0 saturated heterocycles. The Morgan fingerprint density at radius 3 is 2.58 bits per heavy atom. The molecule has 0 aromatic heterocycles. The predicted octanol–water partition coefficient (Wildman–Crippen LogP) is 3.55. The highest BCUT2D eigenvalue weighted by Gasteiger charge is 2.20. The highest BCUT2D eigenvalue weighted by molar-refractivity contribution is 5.70. The Balaban J connectivity index is 2.63. The van der Waals surface area contributed by atoms with Gasteiger partial charge in [-0.05, 0) is 33.3 Å². The lowest BCUT2D eigenvalue weighted by Gasteiger charge is -2.20. The Labute approximate surface area is 113 Å². The van der Waals surface area contributed by atoms with Gasteiger partial charge in [0.2, 0.25) is 0 Å². The van der Waals surface area contributed by atoms with E-state index in [0.29, 0.717) is 5.56 Å². The molecule has 0 heterocycles. The Hall–Kier alpha value is -1.89. The molecule has 0 aliphatic rings. The highest BCUT2D eigenvalue weighted by Crippen LogP contribution is 2.23. The van der Waals surface area contributed by atoms with Crippen LogP contribution in [0.3, 0.4) is 0 Å². The minimum absolute atomic E-state index is 0.101. The van der Waals surface area contributed by atoms with E-state index in [9.17, 15) is 9.18 Å². The Morgan fingerprint density at radius 2 is 2.05 bits per heavy atom. The van der Waals surface area contributed by atoms with Crippen LogP contribution in [-0.2, 0) is 9.53 Å². The van der Waals surface area contributed by atoms with Gasteiger partial charge >= 0.3 is 5.97 Å². The fourth-order valence-corrected chi connectivity index (χ4v) is 1.70. The summed E-state index contributed by atoms with van der Waals surface area (Å²) < 4.78 is 18.7. The topological polar surface area (TPSA) is 50.1 Å². The Morgan fingerprint density at radius 1 is 1.42 bits per heavy atom. The average molecular weight is 263 g/mol. The van der Waals surface area contributed by atoms with E-state index in [1.54, 1.807) is 39.0 Å². The number of hydrogen-bond acceptors (Lipinski definition) is 3. The van der Waals surface area contributed by atoms with Crippen molar-refractivity contribution in [1.82, 2.24) is 0 Å². The summed E-state index contributed by atoms with van der Waals surface area (Å²) in [6, 6.07) is 8.16. The standard InChI is InChI=1S/C15H18FNO2/c1-15(2,3)19-14(18)9-8-11(10-17)12-6-4-5-7-13(12)16/h4-7,11H,8-9H2,1-3H3. The molecule has 0 saturated carbocycles. The van der Waals surface area contributed by atoms with Gasteiger partial charge < -0.3 is 4.74 Å². The molecule has 1 aromatic carbocycles. The fourth-order valence-electron chi connectivity index (χ4n) is 1.70. The highest BCUT2D eigenvalue weighted by atomic mass is 19.1. The van der Waals surface area contributed by atoms with Crippen LogP contribution in [0.15, 0.2) is 24.3 Å². The van der Waals surface area contributed by atoms with Crippen molar-refractivity contribution in [2.45, 2.75) is 45.1 Å². The SMILES string of the molecule is CC(C)(C)OC(=O)CCC(C#N)c1ccccc1F. The summed E-state index contributed by atoms with van der Waals surface area (Å²) in [5.41, 5.74) is -0.217. The lowest BCUT2D eigenvalue weighted by molar-refractivity contribution is -0.154. The normalized spacial score (nSPS) is 12.6. The van der Waals surface area contributed by atoms with Gasteiger partial charge in [-0.25, -0.2) is 4.39 Å². The van der Waals surface area contributed by atoms with E-state index in [-0.39, 0.29) is 18.8 Å². The second kappa shape index (κ2) is 6.33. The molecule has 3 nitrogen and oxygen atoms in total. The molecule has 19 heavy (non-hydrogen) atoms. The maximum atomic E-state index is 13.6. The number of halogens is 1. The number of ether oxygens (including phenoxy) is 1. The average Bonchev–Trinajstić information content (AvgIpc) is 2.29. The van der Waals surface area contributed by atoms with Crippen molar-refractivity contribution in [2.24, 2.45) is 0 Å². The first-order chi connectivity index (χ1) is 8.83. The van der Waals surface area contributed by atoms with Crippen LogP contribution in [0, 0.1) is 17.1 Å². The monoisotopic (exact) mass is 263 g/mol. The van der Waals surface area contributed by atoms with Crippen LogP contribution in [0.4, 0.5) is 4.39 Å². The summed E-state index contributed by atoms with van der Waals surface area (Å²) in [5.74, 6) is -1.42. The number of nitrogens with zero attached hydrogens (tertiary/aromatic N) is 1. The van der Waals surface area contributed by atoms with Crippen molar-refractivity contribution < 1.29 is 13.9 Å². The number of carbonyl (C=O) groups excluding carboxylic acids is 1. The van der Waals surface area contributed by atoms with Crippen molar-refractivity contribution in [3.8, 4) is 6.07 Å². The number of esters is 1. The van der Waals surface area contributed by atoms with E-state index in [1.165, 1.54) is 6.07 Å². The number of rotatable bonds is 4. The van der Waals surface area contributed by atoms with Crippen LogP contribution >= 0.6 is 0 Å². The van der Waals surface area contributed by atoms with Gasteiger partial charge in [0.15, 0.2) is 0 Å². The minimum Gasteiger partial charge on any atom is -0.460 e. The molecular formula is C15H18FNO2. The van der Waals surface area contributed by atoms with Crippen LogP contribution in [0.2, 0.25) is 0 Å². The summed E-state index contributed by atoms with van der Waals surface area (Å²) in [6.07, 6.45) is 0.357. The smallest absolute Gasteiger partial charge is 0.306 e. The zero-order chi connectivity index (χ0) is 14.5. The molecule has 0 aliphatic carbocycles. The zero-order valence-electron chi connectivity index (χ0n) is 11.4. The summed E-state index contributed by atoms with van der Waals surface area (Å²) in [4.78, 5) is 11.6. The minimum atomic E-state index is -0.631. The van der Waals surface area contributed by atoms with Crippen molar-refractivity contribution in [2.75, 3.05) is 0 Å². The quantitative estimate of drug-likeness (QED) is 0.780. The molecule has 0 bridgehead atoms. The van der Waals surface area contributed by atoms with Gasteiger partial charge in [0.25, 0.3) is 0 Å². The summed E-state index contributed by atoms with van der Waals surface area (Å²) in [7, 11) is 0. The molecule has 0 amide bonds. The van der Waals surface area contributed by atoms with Crippen LogP contribution in [0.1, 0.15) is 45.1 Å². The Bertz CT molecular complexity index is 486. The fraction of sp³-hybridized carbons (Fsp3) is 0.467. The molecule has 1 atom stereocenters. The molecule has 0 radical (unpaired) electrons. The van der Waals surface area contributed by atoms with Crippen LogP contribution in [0.25, 0.3) is 0 Å². The second-order valence-corrected chi connectivity index (χ2v) is 5.33. The molecule has 0 aliphatic heterocycles. The van der Waals surface area contributed by atoms with Crippen LogP contribution < -0.4 is 0 Å². The molecule has 1 rings (SSSR count). The number of benzene rings is 1. The maximum Gasteiger partial charge on any atom is 0.306 e. The zero-order valence-corrected chi connectivity index (χ0v) is 11.4. The first-order valence-electron chi connectivity index (χ1n) is 6.19. The van der Waals surface area contributed by atoms with E-state index in [1.807, 2.05) is 6.07 Å². The summed E-state index contributed by atoms with van der Waals surface area (Å²) >= 11 is 0. The van der Waals surface area contributed by atoms with Crippen LogP contribution in [0.5, 0.6) is 0 Å². The maximum absolute atomic E-state index is 13.6. The molecule has 1 aromatic rings. The first kappa shape index (κ1) is 15.2. The van der Waals surface area contributed by atoms with Crippen molar-refractivity contribution in [3.05, 3.63) is 35.6 Å². The lowest BCUT2D eigenvalue weighted by atomic mass is 9.95. The summed E-state index contributed by atoms with van der Waals surface area (Å²) in [6.45, 7) is 5.34. The van der Waals surface area contributed by atoms with E-state index in [4.69, 9.17) is 10.00 Å². The number of carbonyl (C=O) groups is 1. The van der Waals surface area contributed by atoms with Crippen molar-refractivity contribution >= 4 is 5.97 Å². The molecule has 0 N–H and O–H groups in total. The van der Waals surface area contributed by atoms with Crippen molar-refractivity contribution in [3.63, 3.8) is 0 Å². The molecule has 0 spiro atoms. The third-order valence-electron chi connectivity index (χ3n) is 2.49. The van der Waals surface area contributed by atoms with Gasteiger partial charge in [-0.1, -0.05) is 18.2 Å².